The Morgan fingerprint density at radius 3 is 1.94 bits per heavy atom. The number of carbonyl (C=O) groups excluding carboxylic acids is 1. The van der Waals surface area contributed by atoms with Crippen molar-refractivity contribution in [3.05, 3.63) is 0 Å². The molecule has 3 heteroatoms. The van der Waals surface area contributed by atoms with Crippen LogP contribution in [0.15, 0.2) is 0 Å². The van der Waals surface area contributed by atoms with Gasteiger partial charge in [-0.3, -0.25) is 9.69 Å². The van der Waals surface area contributed by atoms with Gasteiger partial charge in [0.1, 0.15) is 0 Å². The van der Waals surface area contributed by atoms with Gasteiger partial charge in [0.15, 0.2) is 5.78 Å². The van der Waals surface area contributed by atoms with E-state index in [1.54, 1.807) is 0 Å². The van der Waals surface area contributed by atoms with Crippen molar-refractivity contribution in [3.8, 4) is 0 Å². The average molecular weight is 259 g/mol. The molecule has 0 bridgehead atoms. The molecule has 0 aromatic heterocycles. The van der Waals surface area contributed by atoms with Crippen LogP contribution >= 0.6 is 10.0 Å². The summed E-state index contributed by atoms with van der Waals surface area (Å²) in [6.07, 6.45) is 4.70. The van der Waals surface area contributed by atoms with Crippen LogP contribution in [-0.2, 0) is 4.79 Å². The van der Waals surface area contributed by atoms with Crippen molar-refractivity contribution >= 4 is 15.8 Å². The fourth-order valence-electron chi connectivity index (χ4n) is 2.41. The third-order valence-corrected chi connectivity index (χ3v) is 5.57. The number of hydrogen-bond donors (Lipinski definition) is 0. The summed E-state index contributed by atoms with van der Waals surface area (Å²) < 4.78 is 0. The maximum atomic E-state index is 12.6. The van der Waals surface area contributed by atoms with E-state index in [-0.39, 0.29) is 17.0 Å². The highest BCUT2D eigenvalue weighted by Crippen LogP contribution is 2.50. The predicted octanol–water partition coefficient (Wildman–Crippen LogP) is 3.11. The van der Waals surface area contributed by atoms with Gasteiger partial charge in [-0.05, 0) is 33.3 Å². The number of hydrogen-bond acceptors (Lipinski definition) is 2. The molecule has 1 fully saturated rings. The van der Waals surface area contributed by atoms with Gasteiger partial charge in [0.2, 0.25) is 0 Å². The Kier molecular flexibility index (Phi) is 3.78. The zero-order valence-corrected chi connectivity index (χ0v) is 13.6. The zero-order chi connectivity index (χ0) is 13.6. The number of nitrogens with zero attached hydrogens (tertiary/aromatic N) is 1. The summed E-state index contributed by atoms with van der Waals surface area (Å²) in [7, 11) is -0.628. The first-order valence-electron chi connectivity index (χ1n) is 6.34. The summed E-state index contributed by atoms with van der Waals surface area (Å²) in [5.41, 5.74) is -0.139. The molecule has 1 atom stereocenters. The van der Waals surface area contributed by atoms with Gasteiger partial charge >= 0.3 is 0 Å². The van der Waals surface area contributed by atoms with Crippen molar-refractivity contribution < 1.29 is 4.79 Å². The van der Waals surface area contributed by atoms with Gasteiger partial charge in [-0.1, -0.05) is 20.8 Å². The van der Waals surface area contributed by atoms with Gasteiger partial charge in [0, 0.05) is 22.6 Å². The molecular formula is C14H29NOS. The molecule has 0 amide bonds. The molecule has 1 rings (SSSR count). The first-order valence-corrected chi connectivity index (χ1v) is 9.13. The molecule has 0 aromatic rings. The van der Waals surface area contributed by atoms with Gasteiger partial charge in [-0.25, -0.2) is 10.0 Å². The van der Waals surface area contributed by atoms with Gasteiger partial charge in [0.25, 0.3) is 0 Å². The second-order valence-corrected chi connectivity index (χ2v) is 12.0. The lowest BCUT2D eigenvalue weighted by molar-refractivity contribution is -0.132. The van der Waals surface area contributed by atoms with Crippen LogP contribution in [0.2, 0.25) is 0 Å². The van der Waals surface area contributed by atoms with Crippen molar-refractivity contribution in [2.75, 3.05) is 24.1 Å². The fourth-order valence-corrected chi connectivity index (χ4v) is 5.03. The summed E-state index contributed by atoms with van der Waals surface area (Å²) in [4.78, 5) is 15.0. The minimum absolute atomic E-state index is 0.0896. The second kappa shape index (κ2) is 4.27. The molecule has 1 unspecified atom stereocenters. The normalized spacial score (nSPS) is 28.1. The van der Waals surface area contributed by atoms with Gasteiger partial charge < -0.3 is 0 Å². The molecule has 2 nitrogen and oxygen atoms in total. The van der Waals surface area contributed by atoms with Gasteiger partial charge in [0.05, 0.1) is 6.04 Å². The Bertz CT molecular complexity index is 309. The molecule has 1 aliphatic heterocycles. The monoisotopic (exact) mass is 259 g/mol. The van der Waals surface area contributed by atoms with Crippen molar-refractivity contribution in [1.82, 2.24) is 4.90 Å². The maximum absolute atomic E-state index is 12.6. The lowest BCUT2D eigenvalue weighted by Crippen LogP contribution is -2.51. The van der Waals surface area contributed by atoms with E-state index in [0.717, 1.165) is 11.6 Å². The summed E-state index contributed by atoms with van der Waals surface area (Å²) in [6, 6.07) is 0.125. The second-order valence-electron chi connectivity index (χ2n) is 7.83. The van der Waals surface area contributed by atoms with Crippen molar-refractivity contribution in [1.29, 1.82) is 0 Å². The molecule has 0 radical (unpaired) electrons. The molecule has 1 aliphatic rings. The van der Waals surface area contributed by atoms with E-state index in [2.05, 4.69) is 38.2 Å². The molecule has 1 heterocycles. The van der Waals surface area contributed by atoms with Crippen molar-refractivity contribution in [3.63, 3.8) is 0 Å². The van der Waals surface area contributed by atoms with E-state index in [4.69, 9.17) is 0 Å². The highest BCUT2D eigenvalue weighted by atomic mass is 32.3. The quantitative estimate of drug-likeness (QED) is 0.721. The number of rotatable bonds is 1. The largest absolute Gasteiger partial charge is 0.297 e. The third-order valence-electron chi connectivity index (χ3n) is 3.38. The Labute approximate surface area is 108 Å². The van der Waals surface area contributed by atoms with Crippen LogP contribution in [0.25, 0.3) is 0 Å². The predicted molar refractivity (Wildman–Crippen MR) is 79.0 cm³/mol. The topological polar surface area (TPSA) is 20.3 Å². The van der Waals surface area contributed by atoms with E-state index < -0.39 is 10.0 Å². The first-order chi connectivity index (χ1) is 7.34. The minimum Gasteiger partial charge on any atom is -0.297 e. The zero-order valence-electron chi connectivity index (χ0n) is 12.8. The highest BCUT2D eigenvalue weighted by molar-refractivity contribution is 8.32. The number of carbonyl (C=O) groups is 1. The van der Waals surface area contributed by atoms with Gasteiger partial charge in [-0.2, -0.15) is 0 Å². The summed E-state index contributed by atoms with van der Waals surface area (Å²) in [6.45, 7) is 12.8. The lowest BCUT2D eigenvalue weighted by Gasteiger charge is -2.38. The van der Waals surface area contributed by atoms with E-state index >= 15 is 0 Å². The summed E-state index contributed by atoms with van der Waals surface area (Å²) >= 11 is 0. The average Bonchev–Trinajstić information content (AvgIpc) is 2.37. The maximum Gasteiger partial charge on any atom is 0.156 e. The summed E-state index contributed by atoms with van der Waals surface area (Å²) in [5.74, 6) is 2.58. The molecule has 0 N–H and O–H groups in total. The van der Waals surface area contributed by atoms with E-state index in [0.29, 0.717) is 5.78 Å². The van der Waals surface area contributed by atoms with Crippen LogP contribution in [0.3, 0.4) is 0 Å². The Hall–Kier alpha value is -0.0200. The molecule has 1 saturated heterocycles. The molecule has 0 aromatic carbocycles. The summed E-state index contributed by atoms with van der Waals surface area (Å²) in [5, 5.41) is 0. The Balaban J connectivity index is 3.01. The minimum atomic E-state index is -0.628. The van der Waals surface area contributed by atoms with E-state index in [1.165, 1.54) is 0 Å². The van der Waals surface area contributed by atoms with Crippen LogP contribution in [0.1, 0.15) is 41.5 Å². The lowest BCUT2D eigenvalue weighted by atomic mass is 9.85. The number of ketones is 1. The van der Waals surface area contributed by atoms with Crippen LogP contribution in [0, 0.1) is 5.41 Å². The standard InChI is InChI=1S/C14H29NOS/c1-13(2,3)12(16)11-9-17(7,8)10-15(11)14(4,5)6/h11H,9-10H2,1-8H3. The van der Waals surface area contributed by atoms with E-state index in [9.17, 15) is 4.79 Å². The van der Waals surface area contributed by atoms with Crippen LogP contribution in [-0.4, -0.2) is 46.4 Å². The molecule has 0 saturated carbocycles. The van der Waals surface area contributed by atoms with E-state index in [1.807, 2.05) is 20.8 Å². The molecule has 0 aliphatic carbocycles. The van der Waals surface area contributed by atoms with Crippen LogP contribution < -0.4 is 0 Å². The third kappa shape index (κ3) is 3.47. The number of Topliss-reactive ketones (excluding diaryl/α,β-unsaturated/α-hetero) is 1. The Morgan fingerprint density at radius 2 is 1.59 bits per heavy atom. The van der Waals surface area contributed by atoms with Crippen LogP contribution in [0.4, 0.5) is 0 Å². The molecule has 102 valence electrons. The van der Waals surface area contributed by atoms with Crippen molar-refractivity contribution in [2.45, 2.75) is 53.1 Å². The first kappa shape index (κ1) is 15.0. The highest BCUT2D eigenvalue weighted by Gasteiger charge is 2.45. The smallest absolute Gasteiger partial charge is 0.156 e. The molecule has 0 spiro atoms. The van der Waals surface area contributed by atoms with Gasteiger partial charge in [-0.15, -0.1) is 0 Å². The Morgan fingerprint density at radius 1 is 1.12 bits per heavy atom. The molecule has 17 heavy (non-hydrogen) atoms. The van der Waals surface area contributed by atoms with Crippen LogP contribution in [0.5, 0.6) is 0 Å². The SMILES string of the molecule is CC(C)(C)C(=O)C1CS(C)(C)CN1C(C)(C)C. The fraction of sp³-hybridized carbons (Fsp3) is 0.929. The van der Waals surface area contributed by atoms with Crippen molar-refractivity contribution in [2.24, 2.45) is 5.41 Å². The molecular weight excluding hydrogens is 230 g/mol.